The van der Waals surface area contributed by atoms with Crippen molar-refractivity contribution >= 4 is 33.2 Å². The molecule has 1 saturated carbocycles. The Bertz CT molecular complexity index is 1560. The van der Waals surface area contributed by atoms with E-state index in [0.717, 1.165) is 87.3 Å². The molecule has 0 aromatic heterocycles. The fourth-order valence-corrected chi connectivity index (χ4v) is 9.57. The van der Waals surface area contributed by atoms with Gasteiger partial charge in [-0.1, -0.05) is 37.9 Å². The zero-order valence-corrected chi connectivity index (χ0v) is 31.1. The largest absolute Gasteiger partial charge is 0.487 e. The lowest BCUT2D eigenvalue weighted by Gasteiger charge is -2.48. The molecular formula is C38H54ClN3O6S. The number of fused-ring (bicyclic) bond motifs is 3. The first-order valence-corrected chi connectivity index (χ1v) is 20.2. The minimum atomic E-state index is -3.90. The molecule has 49 heavy (non-hydrogen) atoms. The molecule has 3 aliphatic heterocycles. The van der Waals surface area contributed by atoms with Gasteiger partial charge in [-0.05, 0) is 125 Å². The molecule has 0 unspecified atom stereocenters. The Morgan fingerprint density at radius 3 is 2.49 bits per heavy atom. The first-order chi connectivity index (χ1) is 23.5. The van der Waals surface area contributed by atoms with Crippen LogP contribution in [0.5, 0.6) is 5.75 Å². The number of sulfonamides is 1. The fraction of sp³-hybridized carbons (Fsp3) is 0.658. The van der Waals surface area contributed by atoms with Gasteiger partial charge in [0.2, 0.25) is 10.0 Å². The third-order valence-electron chi connectivity index (χ3n) is 11.8. The van der Waals surface area contributed by atoms with Crippen molar-refractivity contribution in [3.05, 3.63) is 58.1 Å². The minimum absolute atomic E-state index is 0.124. The highest BCUT2D eigenvalue weighted by Crippen LogP contribution is 2.46. The van der Waals surface area contributed by atoms with E-state index in [4.69, 9.17) is 25.8 Å². The third kappa shape index (κ3) is 8.41. The Morgan fingerprint density at radius 1 is 0.959 bits per heavy atom. The number of hydrogen-bond acceptors (Lipinski definition) is 8. The van der Waals surface area contributed by atoms with E-state index in [1.165, 1.54) is 5.56 Å². The Morgan fingerprint density at radius 2 is 1.76 bits per heavy atom. The van der Waals surface area contributed by atoms with Crippen molar-refractivity contribution < 1.29 is 27.4 Å². The predicted octanol–water partition coefficient (Wildman–Crippen LogP) is 6.67. The van der Waals surface area contributed by atoms with Crippen molar-refractivity contribution in [1.82, 2.24) is 9.62 Å². The Labute approximate surface area is 298 Å². The van der Waals surface area contributed by atoms with Gasteiger partial charge in [0, 0.05) is 29.6 Å². The molecule has 1 aliphatic carbocycles. The number of aryl methyl sites for hydroxylation is 1. The number of carbonyl (C=O) groups excluding carboxylic acids is 1. The topological polar surface area (TPSA) is 97.4 Å². The predicted molar refractivity (Wildman–Crippen MR) is 194 cm³/mol. The summed E-state index contributed by atoms with van der Waals surface area (Å²) >= 11 is 6.38. The van der Waals surface area contributed by atoms with E-state index < -0.39 is 21.2 Å². The molecule has 1 amide bonds. The summed E-state index contributed by atoms with van der Waals surface area (Å²) in [5, 5.41) is -0.00105. The van der Waals surface area contributed by atoms with E-state index in [2.05, 4.69) is 28.5 Å². The van der Waals surface area contributed by atoms with Gasteiger partial charge in [-0.2, -0.15) is 0 Å². The second-order valence-electron chi connectivity index (χ2n) is 14.8. The summed E-state index contributed by atoms with van der Waals surface area (Å²) in [6, 6.07) is 11.5. The van der Waals surface area contributed by atoms with Gasteiger partial charge in [0.1, 0.15) is 12.4 Å². The van der Waals surface area contributed by atoms with Crippen LogP contribution in [0.1, 0.15) is 87.2 Å². The van der Waals surface area contributed by atoms with E-state index >= 15 is 0 Å². The molecular weight excluding hydrogens is 662 g/mol. The van der Waals surface area contributed by atoms with Crippen molar-refractivity contribution in [3.63, 3.8) is 0 Å². The summed E-state index contributed by atoms with van der Waals surface area (Å²) in [4.78, 5) is 18.2. The normalized spacial score (nSPS) is 31.3. The van der Waals surface area contributed by atoms with Crippen LogP contribution < -0.4 is 14.4 Å². The van der Waals surface area contributed by atoms with E-state index in [0.29, 0.717) is 43.0 Å². The van der Waals surface area contributed by atoms with Crippen LogP contribution in [0, 0.1) is 23.7 Å². The number of rotatable bonds is 3. The average Bonchev–Trinajstić information content (AvgIpc) is 3.11. The first-order valence-electron chi connectivity index (χ1n) is 18.3. The van der Waals surface area contributed by atoms with Crippen LogP contribution in [-0.4, -0.2) is 76.7 Å². The van der Waals surface area contributed by atoms with Crippen molar-refractivity contribution in [2.45, 2.75) is 96.3 Å². The first kappa shape index (κ1) is 36.4. The van der Waals surface area contributed by atoms with Crippen LogP contribution in [0.4, 0.5) is 5.69 Å². The molecule has 0 radical (unpaired) electrons. The van der Waals surface area contributed by atoms with E-state index in [-0.39, 0.29) is 24.2 Å². The number of nitrogens with one attached hydrogen (secondary N) is 1. The highest BCUT2D eigenvalue weighted by Gasteiger charge is 2.44. The molecule has 0 spiro atoms. The van der Waals surface area contributed by atoms with Gasteiger partial charge >= 0.3 is 0 Å². The molecule has 2 aromatic rings. The van der Waals surface area contributed by atoms with Gasteiger partial charge in [0.25, 0.3) is 5.91 Å². The van der Waals surface area contributed by atoms with Crippen molar-refractivity contribution in [2.75, 3.05) is 44.8 Å². The molecule has 1 N–H and O–H groups in total. The minimum Gasteiger partial charge on any atom is -0.487 e. The van der Waals surface area contributed by atoms with Crippen molar-refractivity contribution in [1.29, 1.82) is 0 Å². The van der Waals surface area contributed by atoms with Gasteiger partial charge in [-0.15, -0.1) is 0 Å². The van der Waals surface area contributed by atoms with Crippen LogP contribution in [0.15, 0.2) is 36.4 Å². The second-order valence-corrected chi connectivity index (χ2v) is 17.3. The Balaban J connectivity index is 1.34. The van der Waals surface area contributed by atoms with E-state index in [9.17, 15) is 13.2 Å². The standard InChI is InChI=1S/C38H54ClN3O6S/c1-5-41(4)32-23-47-38(48-24-32)34-11-8-9-25(2)26(3)49(44,45)40-37(43)28-14-17-36-35(20-28)42(21-29-13-16-33(29)34)18-7-6-10-27-19-31(39)15-12-30(27)22-46-36/h12,14-15,17,19-20,25-26,29,32-34,38H,5-11,13,16,18,21-24H2,1-4H3,(H,40,43)/t25-,26+,29-,32-,33+,34-,38-/m0/s1. The molecule has 1 saturated heterocycles. The second kappa shape index (κ2) is 15.9. The van der Waals surface area contributed by atoms with E-state index in [1.807, 2.05) is 37.3 Å². The molecule has 4 aliphatic rings. The number of halogens is 1. The maximum Gasteiger partial charge on any atom is 0.264 e. The highest BCUT2D eigenvalue weighted by molar-refractivity contribution is 7.90. The van der Waals surface area contributed by atoms with Crippen LogP contribution >= 0.6 is 11.6 Å². The Kier molecular flexibility index (Phi) is 11.8. The van der Waals surface area contributed by atoms with Crippen molar-refractivity contribution in [2.24, 2.45) is 23.7 Å². The average molecular weight is 716 g/mol. The molecule has 3 heterocycles. The van der Waals surface area contributed by atoms with Gasteiger partial charge in [0.05, 0.1) is 30.2 Å². The Hall–Kier alpha value is -2.37. The van der Waals surface area contributed by atoms with Gasteiger partial charge < -0.3 is 19.1 Å². The molecule has 270 valence electrons. The fourth-order valence-electron chi connectivity index (χ4n) is 8.06. The monoisotopic (exact) mass is 715 g/mol. The number of benzene rings is 2. The molecule has 11 heteroatoms. The summed E-state index contributed by atoms with van der Waals surface area (Å²) in [7, 11) is -1.79. The molecule has 2 aromatic carbocycles. The quantitative estimate of drug-likeness (QED) is 0.377. The lowest BCUT2D eigenvalue weighted by molar-refractivity contribution is -0.241. The van der Waals surface area contributed by atoms with Gasteiger partial charge in [0.15, 0.2) is 6.29 Å². The molecule has 2 fully saturated rings. The number of nitrogens with zero attached hydrogens (tertiary/aromatic N) is 2. The van der Waals surface area contributed by atoms with Crippen molar-refractivity contribution in [3.8, 4) is 5.75 Å². The maximum absolute atomic E-state index is 13.5. The van der Waals surface area contributed by atoms with E-state index in [1.54, 1.807) is 13.0 Å². The molecule has 5 atom stereocenters. The smallest absolute Gasteiger partial charge is 0.264 e. The molecule has 2 bridgehead atoms. The lowest BCUT2D eigenvalue weighted by atomic mass is 9.65. The number of carbonyl (C=O) groups is 1. The summed E-state index contributed by atoms with van der Waals surface area (Å²) in [6.07, 6.45) is 7.35. The number of anilines is 1. The van der Waals surface area contributed by atoms with Crippen LogP contribution in [-0.2, 0) is 32.5 Å². The van der Waals surface area contributed by atoms with Crippen LogP contribution in [0.25, 0.3) is 0 Å². The lowest BCUT2D eigenvalue weighted by Crippen LogP contribution is -2.51. The SMILES string of the molecule is CCN(C)[C@H]1CO[C@H]([C@H]2CCC[C@H](C)[C@@H](C)S(=O)(=O)NC(=O)c3ccc4c(c3)N(CCCCc3cc(Cl)ccc3CO4)C[C@@H]3CC[C@H]32)OC1. The summed E-state index contributed by atoms with van der Waals surface area (Å²) in [6.45, 7) is 10.1. The zero-order valence-electron chi connectivity index (χ0n) is 29.5. The van der Waals surface area contributed by atoms with Gasteiger partial charge in [-0.3, -0.25) is 9.69 Å². The van der Waals surface area contributed by atoms with Crippen LogP contribution in [0.3, 0.4) is 0 Å². The maximum atomic E-state index is 13.5. The van der Waals surface area contributed by atoms with Crippen LogP contribution in [0.2, 0.25) is 5.02 Å². The third-order valence-corrected chi connectivity index (χ3v) is 14.0. The number of hydrogen-bond donors (Lipinski definition) is 1. The zero-order chi connectivity index (χ0) is 34.7. The van der Waals surface area contributed by atoms with Gasteiger partial charge in [-0.25, -0.2) is 13.1 Å². The summed E-state index contributed by atoms with van der Waals surface area (Å²) in [5.74, 6) is 1.04. The number of ether oxygens (including phenoxy) is 3. The molecule has 9 nitrogen and oxygen atoms in total. The number of amides is 1. The molecule has 6 rings (SSSR count). The summed E-state index contributed by atoms with van der Waals surface area (Å²) < 4.78 is 48.9. The summed E-state index contributed by atoms with van der Waals surface area (Å²) in [5.41, 5.74) is 3.42. The number of likely N-dealkylation sites (N-methyl/N-ethyl adjacent to an activating group) is 1. The highest BCUT2D eigenvalue weighted by atomic mass is 35.5.